The molecule has 0 bridgehead atoms. The molecule has 0 spiro atoms. The van der Waals surface area contributed by atoms with Crippen LogP contribution in [0, 0.1) is 0 Å². The van der Waals surface area contributed by atoms with Crippen LogP contribution in [0.2, 0.25) is 0 Å². The molecule has 1 amide bonds. The van der Waals surface area contributed by atoms with Gasteiger partial charge in [-0.2, -0.15) is 0 Å². The fraction of sp³-hybridized carbons (Fsp3) is 0.800. The Morgan fingerprint density at radius 2 is 2.12 bits per heavy atom. The largest absolute Gasteiger partial charge is 0.394 e. The number of rotatable bonds is 7. The molecule has 0 aromatic carbocycles. The Bertz CT molecular complexity index is 317. The molecular formula is C10H19NO5S. The van der Waals surface area contributed by atoms with Gasteiger partial charge in [-0.25, -0.2) is 0 Å². The monoisotopic (exact) mass is 266 g/mol. The van der Waals surface area contributed by atoms with E-state index < -0.39 is 41.7 Å². The lowest BCUT2D eigenvalue weighted by atomic mass is 9.86. The summed E-state index contributed by atoms with van der Waals surface area (Å²) in [5.41, 5.74) is -1.64. The highest BCUT2D eigenvalue weighted by Gasteiger charge is 2.41. The first kappa shape index (κ1) is 14.5. The first-order chi connectivity index (χ1) is 8.22. The Labute approximate surface area is 107 Å². The molecule has 0 aliphatic carbocycles. The molecule has 0 saturated carbocycles. The van der Waals surface area contributed by atoms with Gasteiger partial charge in [0.2, 0.25) is 5.91 Å². The van der Waals surface area contributed by atoms with E-state index in [9.17, 15) is 20.1 Å². The summed E-state index contributed by atoms with van der Waals surface area (Å²) < 4.78 is 7.50. The molecule has 100 valence electrons. The maximum atomic E-state index is 11.1. The van der Waals surface area contributed by atoms with E-state index in [4.69, 9.17) is 18.7 Å². The number of amides is 1. The number of hydrogen-bond donors (Lipinski definition) is 5. The predicted octanol–water partition coefficient (Wildman–Crippen LogP) is -1.65. The minimum absolute atomic E-state index is 0.0608. The second-order valence-corrected chi connectivity index (χ2v) is 4.00. The number of aliphatic hydroxyl groups excluding tert-OH is 4. The molecule has 0 radical (unpaired) electrons. The highest BCUT2D eigenvalue weighted by atomic mass is 32.1. The molecule has 5 N–H and O–H groups in total. The number of carbonyl (C=O) groups excluding carboxylic acids is 1. The first-order valence-electron chi connectivity index (χ1n) is 5.67. The average Bonchev–Trinajstić information content (AvgIpc) is 2.32. The number of hydrogen-bond acceptors (Lipinski definition) is 6. The highest BCUT2D eigenvalue weighted by Crippen LogP contribution is 2.18. The Kier molecular flexibility index (Phi) is 5.93. The Morgan fingerprint density at radius 3 is 2.41 bits per heavy atom. The summed E-state index contributed by atoms with van der Waals surface area (Å²) >= 11 is 4.70. The second-order valence-electron chi connectivity index (χ2n) is 3.79. The summed E-state index contributed by atoms with van der Waals surface area (Å²) in [5.74, 6) is -0.531. The van der Waals surface area contributed by atoms with Crippen LogP contribution in [0.3, 0.4) is 0 Å². The lowest BCUT2D eigenvalue weighted by Gasteiger charge is -2.37. The van der Waals surface area contributed by atoms with Gasteiger partial charge in [-0.15, -0.1) is 0 Å². The standard InChI is InChI=1S/C10H19NO5S/c1-3-10(5-17,11-6(2)13)9(16)8(15)7(14)4-12/h5,7-9,12,14-16H,3-4H2,1-2H3,(H,11,13)/t7-,8-,9+,10+/m1/s1/i5D. The Morgan fingerprint density at radius 1 is 1.59 bits per heavy atom. The number of aliphatic hydroxyl groups is 4. The average molecular weight is 266 g/mol. The van der Waals surface area contributed by atoms with Gasteiger partial charge in [-0.05, 0) is 6.42 Å². The normalized spacial score (nSPS) is 20.7. The third-order valence-corrected chi connectivity index (χ3v) is 2.91. The van der Waals surface area contributed by atoms with Crippen LogP contribution in [0.5, 0.6) is 0 Å². The van der Waals surface area contributed by atoms with Crippen LogP contribution < -0.4 is 5.32 Å². The smallest absolute Gasteiger partial charge is 0.217 e. The van der Waals surface area contributed by atoms with Crippen molar-refractivity contribution in [3.8, 4) is 0 Å². The topological polar surface area (TPSA) is 110 Å². The summed E-state index contributed by atoms with van der Waals surface area (Å²) in [5, 5.41) is 39.6. The molecule has 17 heavy (non-hydrogen) atoms. The van der Waals surface area contributed by atoms with Gasteiger partial charge in [0, 0.05) is 12.3 Å². The third-order valence-electron chi connectivity index (χ3n) is 2.55. The minimum atomic E-state index is -1.73. The van der Waals surface area contributed by atoms with Crippen LogP contribution >= 0.6 is 12.2 Å². The van der Waals surface area contributed by atoms with E-state index in [-0.39, 0.29) is 6.42 Å². The molecule has 6 nitrogen and oxygen atoms in total. The van der Waals surface area contributed by atoms with E-state index in [2.05, 4.69) is 5.32 Å². The zero-order valence-electron chi connectivity index (χ0n) is 10.8. The number of thiocarbonyl (C=S) groups is 1. The van der Waals surface area contributed by atoms with Crippen molar-refractivity contribution in [1.82, 2.24) is 5.32 Å². The molecule has 0 saturated heterocycles. The third kappa shape index (κ3) is 3.97. The summed E-state index contributed by atoms with van der Waals surface area (Å²) in [4.78, 5) is 11.1. The summed E-state index contributed by atoms with van der Waals surface area (Å²) in [6.45, 7) is 1.99. The quantitative estimate of drug-likeness (QED) is 0.353. The molecule has 0 fully saturated rings. The van der Waals surface area contributed by atoms with Gasteiger partial charge >= 0.3 is 0 Å². The highest BCUT2D eigenvalue weighted by molar-refractivity contribution is 7.79. The van der Waals surface area contributed by atoms with Crippen molar-refractivity contribution in [2.75, 3.05) is 6.61 Å². The van der Waals surface area contributed by atoms with Crippen molar-refractivity contribution in [3.63, 3.8) is 0 Å². The maximum Gasteiger partial charge on any atom is 0.217 e. The van der Waals surface area contributed by atoms with Gasteiger partial charge in [0.05, 0.1) is 13.5 Å². The Hall–Kier alpha value is -0.600. The van der Waals surface area contributed by atoms with E-state index in [1.807, 2.05) is 0 Å². The van der Waals surface area contributed by atoms with Gasteiger partial charge in [-0.1, -0.05) is 19.1 Å². The van der Waals surface area contributed by atoms with Crippen LogP contribution in [0.1, 0.15) is 21.6 Å². The summed E-state index contributed by atoms with van der Waals surface area (Å²) in [6, 6.07) is 0. The zero-order valence-corrected chi connectivity index (χ0v) is 10.6. The fourth-order valence-corrected chi connectivity index (χ4v) is 1.77. The molecule has 0 aromatic rings. The van der Waals surface area contributed by atoms with Crippen molar-refractivity contribution in [2.45, 2.75) is 44.1 Å². The lowest BCUT2D eigenvalue weighted by molar-refractivity contribution is -0.125. The Balaban J connectivity index is 5.30. The van der Waals surface area contributed by atoms with Gasteiger partial charge < -0.3 is 25.7 Å². The second kappa shape index (κ2) is 6.97. The van der Waals surface area contributed by atoms with Crippen molar-refractivity contribution in [3.05, 3.63) is 0 Å². The zero-order chi connectivity index (χ0) is 14.5. The van der Waals surface area contributed by atoms with Gasteiger partial charge in [-0.3, -0.25) is 4.79 Å². The number of nitrogens with one attached hydrogen (secondary N) is 1. The number of carbonyl (C=O) groups is 1. The SMILES string of the molecule is [2H]C(=S)[C@](CC)(NC(C)=O)[C@@H](O)[C@H](O)[C@H](O)CO. The molecule has 0 aliphatic rings. The van der Waals surface area contributed by atoms with Gasteiger partial charge in [0.15, 0.2) is 0 Å². The summed E-state index contributed by atoms with van der Waals surface area (Å²) in [6.07, 6.45) is -4.96. The lowest BCUT2D eigenvalue weighted by Crippen LogP contribution is -2.62. The van der Waals surface area contributed by atoms with E-state index in [0.717, 1.165) is 0 Å². The van der Waals surface area contributed by atoms with Crippen molar-refractivity contribution in [1.29, 1.82) is 0 Å². The van der Waals surface area contributed by atoms with Gasteiger partial charge in [0.25, 0.3) is 0 Å². The van der Waals surface area contributed by atoms with E-state index in [0.29, 0.717) is 0 Å². The minimum Gasteiger partial charge on any atom is -0.394 e. The molecule has 0 rings (SSSR count). The molecule has 0 heterocycles. The first-order valence-corrected chi connectivity index (χ1v) is 5.58. The molecule has 0 unspecified atom stereocenters. The van der Waals surface area contributed by atoms with Crippen LogP contribution in [0.4, 0.5) is 0 Å². The molecule has 4 atom stereocenters. The maximum absolute atomic E-state index is 11.1. The van der Waals surface area contributed by atoms with Crippen LogP contribution in [-0.2, 0) is 4.79 Å². The van der Waals surface area contributed by atoms with Crippen LogP contribution in [-0.4, -0.2) is 62.1 Å². The molecule has 0 aromatic heterocycles. The fourth-order valence-electron chi connectivity index (χ4n) is 1.45. The van der Waals surface area contributed by atoms with Crippen molar-refractivity contribution >= 4 is 23.5 Å². The van der Waals surface area contributed by atoms with E-state index >= 15 is 0 Å². The van der Waals surface area contributed by atoms with Crippen LogP contribution in [0.25, 0.3) is 0 Å². The molecular weight excluding hydrogens is 246 g/mol. The molecule has 7 heteroatoms. The summed E-state index contributed by atoms with van der Waals surface area (Å²) in [7, 11) is 0. The predicted molar refractivity (Wildman–Crippen MR) is 65.6 cm³/mol. The van der Waals surface area contributed by atoms with E-state index in [1.165, 1.54) is 6.92 Å². The van der Waals surface area contributed by atoms with E-state index in [1.54, 1.807) is 6.92 Å². The van der Waals surface area contributed by atoms with Gasteiger partial charge in [0.1, 0.15) is 18.3 Å². The molecule has 0 aliphatic heterocycles. The van der Waals surface area contributed by atoms with Crippen molar-refractivity contribution < 1.29 is 26.6 Å². The van der Waals surface area contributed by atoms with Crippen molar-refractivity contribution in [2.24, 2.45) is 0 Å². The van der Waals surface area contributed by atoms with Crippen LogP contribution in [0.15, 0.2) is 0 Å².